The van der Waals surface area contributed by atoms with Crippen LogP contribution >= 0.6 is 0 Å². The minimum atomic E-state index is -0.0417. The standard InChI is InChI=1S/C12H16O3/c1-9(13)5-6-12(7-14-8-12)11-4-3-10(2)15-11/h3-4H,5-8H2,1-2H3. The molecule has 0 saturated carbocycles. The van der Waals surface area contributed by atoms with Crippen LogP contribution in [0, 0.1) is 6.92 Å². The van der Waals surface area contributed by atoms with Crippen LogP contribution < -0.4 is 0 Å². The Bertz CT molecular complexity index is 361. The fourth-order valence-electron chi connectivity index (χ4n) is 1.89. The zero-order valence-electron chi connectivity index (χ0n) is 9.21. The molecular weight excluding hydrogens is 192 g/mol. The largest absolute Gasteiger partial charge is 0.466 e. The number of ether oxygens (including phenoxy) is 1. The third-order valence-corrected chi connectivity index (χ3v) is 2.98. The first-order valence-corrected chi connectivity index (χ1v) is 5.26. The maximum atomic E-state index is 11.0. The topological polar surface area (TPSA) is 39.4 Å². The number of ketones is 1. The number of Topliss-reactive ketones (excluding diaryl/α,β-unsaturated/α-hetero) is 1. The van der Waals surface area contributed by atoms with Crippen LogP contribution in [0.5, 0.6) is 0 Å². The van der Waals surface area contributed by atoms with Crippen molar-refractivity contribution in [2.45, 2.75) is 32.1 Å². The second kappa shape index (κ2) is 3.81. The van der Waals surface area contributed by atoms with Gasteiger partial charge in [-0.25, -0.2) is 0 Å². The highest BCUT2D eigenvalue weighted by atomic mass is 16.5. The molecule has 0 aromatic carbocycles. The highest BCUT2D eigenvalue weighted by Gasteiger charge is 2.42. The summed E-state index contributed by atoms with van der Waals surface area (Å²) < 4.78 is 10.9. The van der Waals surface area contributed by atoms with Crippen molar-refractivity contribution in [2.75, 3.05) is 13.2 Å². The van der Waals surface area contributed by atoms with Crippen LogP contribution in [0.1, 0.15) is 31.3 Å². The molecule has 0 atom stereocenters. The summed E-state index contributed by atoms with van der Waals surface area (Å²) in [6, 6.07) is 3.96. The second-order valence-corrected chi connectivity index (χ2v) is 4.39. The Labute approximate surface area is 89.4 Å². The third kappa shape index (κ3) is 1.97. The minimum Gasteiger partial charge on any atom is -0.466 e. The lowest BCUT2D eigenvalue weighted by Crippen LogP contribution is -2.46. The van der Waals surface area contributed by atoms with E-state index < -0.39 is 0 Å². The lowest BCUT2D eigenvalue weighted by molar-refractivity contribution is -0.119. The smallest absolute Gasteiger partial charge is 0.129 e. The average molecular weight is 208 g/mol. The molecule has 0 N–H and O–H groups in total. The molecule has 1 fully saturated rings. The van der Waals surface area contributed by atoms with Crippen LogP contribution in [0.15, 0.2) is 16.5 Å². The monoisotopic (exact) mass is 208 g/mol. The zero-order chi connectivity index (χ0) is 10.9. The predicted molar refractivity (Wildman–Crippen MR) is 55.9 cm³/mol. The van der Waals surface area contributed by atoms with Crippen LogP contribution in [-0.2, 0) is 14.9 Å². The van der Waals surface area contributed by atoms with Crippen LogP contribution in [0.3, 0.4) is 0 Å². The van der Waals surface area contributed by atoms with E-state index in [1.54, 1.807) is 6.92 Å². The van der Waals surface area contributed by atoms with Gasteiger partial charge >= 0.3 is 0 Å². The molecule has 0 spiro atoms. The molecule has 0 aliphatic carbocycles. The summed E-state index contributed by atoms with van der Waals surface area (Å²) in [5, 5.41) is 0. The van der Waals surface area contributed by atoms with Crippen molar-refractivity contribution in [1.29, 1.82) is 0 Å². The Morgan fingerprint density at radius 2 is 2.20 bits per heavy atom. The number of hydrogen-bond donors (Lipinski definition) is 0. The number of carbonyl (C=O) groups excluding carboxylic acids is 1. The Kier molecular flexibility index (Phi) is 2.65. The van der Waals surface area contributed by atoms with E-state index in [0.29, 0.717) is 19.6 Å². The lowest BCUT2D eigenvalue weighted by atomic mass is 9.78. The van der Waals surface area contributed by atoms with Crippen LogP contribution in [0.4, 0.5) is 0 Å². The van der Waals surface area contributed by atoms with Crippen molar-refractivity contribution < 1.29 is 13.9 Å². The van der Waals surface area contributed by atoms with Crippen molar-refractivity contribution in [3.8, 4) is 0 Å². The number of rotatable bonds is 4. The lowest BCUT2D eigenvalue weighted by Gasteiger charge is -2.39. The van der Waals surface area contributed by atoms with Crippen molar-refractivity contribution in [3.63, 3.8) is 0 Å². The normalized spacial score (nSPS) is 18.5. The third-order valence-electron chi connectivity index (χ3n) is 2.98. The van der Waals surface area contributed by atoms with E-state index in [0.717, 1.165) is 17.9 Å². The maximum absolute atomic E-state index is 11.0. The maximum Gasteiger partial charge on any atom is 0.129 e. The van der Waals surface area contributed by atoms with Gasteiger partial charge in [0, 0.05) is 6.42 Å². The van der Waals surface area contributed by atoms with E-state index in [1.165, 1.54) is 0 Å². The Morgan fingerprint density at radius 3 is 2.60 bits per heavy atom. The minimum absolute atomic E-state index is 0.0417. The molecule has 1 aliphatic heterocycles. The fourth-order valence-corrected chi connectivity index (χ4v) is 1.89. The molecule has 1 aromatic heterocycles. The number of furan rings is 1. The molecule has 82 valence electrons. The van der Waals surface area contributed by atoms with Gasteiger partial charge in [0.25, 0.3) is 0 Å². The highest BCUT2D eigenvalue weighted by Crippen LogP contribution is 2.37. The molecule has 1 aliphatic rings. The first-order chi connectivity index (χ1) is 7.12. The summed E-state index contributed by atoms with van der Waals surface area (Å²) in [6.45, 7) is 4.91. The van der Waals surface area contributed by atoms with Gasteiger partial charge in [0.05, 0.1) is 18.6 Å². The molecule has 1 saturated heterocycles. The summed E-state index contributed by atoms with van der Waals surface area (Å²) in [5.74, 6) is 2.11. The van der Waals surface area contributed by atoms with Gasteiger partial charge in [-0.05, 0) is 32.4 Å². The van der Waals surface area contributed by atoms with Gasteiger partial charge in [-0.3, -0.25) is 0 Å². The first-order valence-electron chi connectivity index (χ1n) is 5.26. The summed E-state index contributed by atoms with van der Waals surface area (Å²) in [7, 11) is 0. The molecule has 0 bridgehead atoms. The Hall–Kier alpha value is -1.09. The van der Waals surface area contributed by atoms with E-state index >= 15 is 0 Å². The van der Waals surface area contributed by atoms with E-state index in [9.17, 15) is 4.79 Å². The van der Waals surface area contributed by atoms with Crippen molar-refractivity contribution >= 4 is 5.78 Å². The first kappa shape index (κ1) is 10.4. The van der Waals surface area contributed by atoms with Crippen molar-refractivity contribution in [3.05, 3.63) is 23.7 Å². The van der Waals surface area contributed by atoms with Gasteiger partial charge in [-0.2, -0.15) is 0 Å². The Morgan fingerprint density at radius 1 is 1.47 bits per heavy atom. The quantitative estimate of drug-likeness (QED) is 0.761. The molecule has 15 heavy (non-hydrogen) atoms. The SMILES string of the molecule is CC(=O)CCC1(c2ccc(C)o2)COC1. The second-order valence-electron chi connectivity index (χ2n) is 4.39. The van der Waals surface area contributed by atoms with Crippen LogP contribution in [0.2, 0.25) is 0 Å². The summed E-state index contributed by atoms with van der Waals surface area (Å²) in [5.41, 5.74) is -0.0417. The van der Waals surface area contributed by atoms with E-state index in [2.05, 4.69) is 0 Å². The van der Waals surface area contributed by atoms with Gasteiger partial charge in [0.1, 0.15) is 17.3 Å². The molecule has 2 heterocycles. The molecule has 3 nitrogen and oxygen atoms in total. The molecule has 0 amide bonds. The number of hydrogen-bond acceptors (Lipinski definition) is 3. The number of aryl methyl sites for hydroxylation is 1. The van der Waals surface area contributed by atoms with Gasteiger partial charge < -0.3 is 13.9 Å². The van der Waals surface area contributed by atoms with Gasteiger partial charge in [0.2, 0.25) is 0 Å². The zero-order valence-corrected chi connectivity index (χ0v) is 9.21. The van der Waals surface area contributed by atoms with Gasteiger partial charge in [0.15, 0.2) is 0 Å². The molecule has 0 radical (unpaired) electrons. The molecule has 1 aromatic rings. The van der Waals surface area contributed by atoms with Gasteiger partial charge in [-0.15, -0.1) is 0 Å². The predicted octanol–water partition coefficient (Wildman–Crippen LogP) is 2.23. The number of carbonyl (C=O) groups is 1. The van der Waals surface area contributed by atoms with Crippen LogP contribution in [-0.4, -0.2) is 19.0 Å². The van der Waals surface area contributed by atoms with Crippen molar-refractivity contribution in [2.24, 2.45) is 0 Å². The average Bonchev–Trinajstić information content (AvgIpc) is 2.50. The molecular formula is C12H16O3. The van der Waals surface area contributed by atoms with E-state index in [4.69, 9.17) is 9.15 Å². The summed E-state index contributed by atoms with van der Waals surface area (Å²) in [6.07, 6.45) is 1.43. The molecule has 0 unspecified atom stereocenters. The van der Waals surface area contributed by atoms with Crippen molar-refractivity contribution in [1.82, 2.24) is 0 Å². The summed E-state index contributed by atoms with van der Waals surface area (Å²) >= 11 is 0. The summed E-state index contributed by atoms with van der Waals surface area (Å²) in [4.78, 5) is 11.0. The Balaban J connectivity index is 2.11. The van der Waals surface area contributed by atoms with E-state index in [1.807, 2.05) is 19.1 Å². The van der Waals surface area contributed by atoms with E-state index in [-0.39, 0.29) is 11.2 Å². The molecule has 3 heteroatoms. The van der Waals surface area contributed by atoms with Gasteiger partial charge in [-0.1, -0.05) is 0 Å². The highest BCUT2D eigenvalue weighted by molar-refractivity contribution is 5.75. The fraction of sp³-hybridized carbons (Fsp3) is 0.583. The van der Waals surface area contributed by atoms with Crippen LogP contribution in [0.25, 0.3) is 0 Å². The molecule has 2 rings (SSSR count).